The van der Waals surface area contributed by atoms with Crippen LogP contribution in [0.5, 0.6) is 5.75 Å². The summed E-state index contributed by atoms with van der Waals surface area (Å²) in [7, 11) is 0. The molecule has 0 aliphatic rings. The first-order chi connectivity index (χ1) is 9.78. The minimum Gasteiger partial charge on any atom is -0.406 e. The summed E-state index contributed by atoms with van der Waals surface area (Å²) in [6, 6.07) is 4.84. The molecule has 0 amide bonds. The number of alkyl halides is 3. The van der Waals surface area contributed by atoms with Crippen molar-refractivity contribution in [3.8, 4) is 5.75 Å². The van der Waals surface area contributed by atoms with E-state index in [2.05, 4.69) is 9.72 Å². The van der Waals surface area contributed by atoms with E-state index in [1.54, 1.807) is 6.92 Å². The van der Waals surface area contributed by atoms with Crippen LogP contribution in [0, 0.1) is 11.6 Å². The molecule has 21 heavy (non-hydrogen) atoms. The van der Waals surface area contributed by atoms with Gasteiger partial charge in [-0.3, -0.25) is 4.98 Å². The van der Waals surface area contributed by atoms with Gasteiger partial charge in [0.25, 0.3) is 0 Å². The molecule has 1 unspecified atom stereocenters. The molecule has 0 radical (unpaired) electrons. The fourth-order valence-corrected chi connectivity index (χ4v) is 1.96. The highest BCUT2D eigenvalue weighted by molar-refractivity contribution is 5.35. The topological polar surface area (TPSA) is 22.1 Å². The first-order valence-electron chi connectivity index (χ1n) is 5.92. The van der Waals surface area contributed by atoms with Gasteiger partial charge in [-0.1, -0.05) is 19.1 Å². The van der Waals surface area contributed by atoms with Crippen LogP contribution in [-0.4, -0.2) is 11.3 Å². The number of rotatable bonds is 3. The van der Waals surface area contributed by atoms with Gasteiger partial charge in [0.05, 0.1) is 12.4 Å². The monoisotopic (exact) mass is 303 g/mol. The van der Waals surface area contributed by atoms with E-state index in [4.69, 9.17) is 0 Å². The number of hydrogen-bond acceptors (Lipinski definition) is 2. The van der Waals surface area contributed by atoms with E-state index in [1.165, 1.54) is 12.1 Å². The van der Waals surface area contributed by atoms with Crippen LogP contribution in [0.3, 0.4) is 0 Å². The summed E-state index contributed by atoms with van der Waals surface area (Å²) in [6.45, 7) is 1.54. The molecule has 0 saturated carbocycles. The summed E-state index contributed by atoms with van der Waals surface area (Å²) >= 11 is 0. The maximum absolute atomic E-state index is 13.6. The number of pyridine rings is 1. The van der Waals surface area contributed by atoms with Crippen LogP contribution in [0.15, 0.2) is 36.7 Å². The van der Waals surface area contributed by atoms with Crippen molar-refractivity contribution in [2.24, 2.45) is 0 Å². The third kappa shape index (κ3) is 3.68. The van der Waals surface area contributed by atoms with Crippen molar-refractivity contribution in [1.82, 2.24) is 4.98 Å². The zero-order chi connectivity index (χ0) is 15.6. The van der Waals surface area contributed by atoms with E-state index in [-0.39, 0.29) is 5.56 Å². The highest BCUT2D eigenvalue weighted by Gasteiger charge is 2.31. The van der Waals surface area contributed by atoms with Crippen LogP contribution < -0.4 is 4.74 Å². The molecule has 0 aliphatic carbocycles. The summed E-state index contributed by atoms with van der Waals surface area (Å²) < 4.78 is 67.1. The minimum absolute atomic E-state index is 0.186. The van der Waals surface area contributed by atoms with Crippen LogP contribution in [0.4, 0.5) is 22.0 Å². The maximum Gasteiger partial charge on any atom is 0.573 e. The zero-order valence-corrected chi connectivity index (χ0v) is 10.8. The lowest BCUT2D eigenvalue weighted by Crippen LogP contribution is -2.17. The highest BCUT2D eigenvalue weighted by Crippen LogP contribution is 2.30. The Labute approximate surface area is 117 Å². The van der Waals surface area contributed by atoms with Crippen molar-refractivity contribution in [3.05, 3.63) is 59.4 Å². The van der Waals surface area contributed by atoms with Crippen molar-refractivity contribution in [2.45, 2.75) is 19.2 Å². The van der Waals surface area contributed by atoms with E-state index >= 15 is 0 Å². The number of hydrogen-bond donors (Lipinski definition) is 0. The molecule has 112 valence electrons. The third-order valence-electron chi connectivity index (χ3n) is 2.94. The number of halogens is 5. The molecular weight excluding hydrogens is 293 g/mol. The molecule has 2 aromatic rings. The Morgan fingerprint density at radius 2 is 1.52 bits per heavy atom. The minimum atomic E-state index is -4.78. The second kappa shape index (κ2) is 5.67. The van der Waals surface area contributed by atoms with E-state index in [0.29, 0.717) is 5.56 Å². The average molecular weight is 303 g/mol. The Morgan fingerprint density at radius 1 is 1.00 bits per heavy atom. The quantitative estimate of drug-likeness (QED) is 0.784. The van der Waals surface area contributed by atoms with Crippen LogP contribution in [0.2, 0.25) is 0 Å². The largest absolute Gasteiger partial charge is 0.573 e. The molecule has 0 N–H and O–H groups in total. The molecular formula is C14H10F5NO. The number of ether oxygens (including phenoxy) is 1. The van der Waals surface area contributed by atoms with Gasteiger partial charge in [-0.15, -0.1) is 13.2 Å². The van der Waals surface area contributed by atoms with Gasteiger partial charge in [-0.25, -0.2) is 8.78 Å². The van der Waals surface area contributed by atoms with Gasteiger partial charge < -0.3 is 4.74 Å². The highest BCUT2D eigenvalue weighted by atomic mass is 19.4. The fourth-order valence-electron chi connectivity index (χ4n) is 1.96. The number of aromatic nitrogens is 1. The Kier molecular flexibility index (Phi) is 4.11. The van der Waals surface area contributed by atoms with E-state index in [0.717, 1.165) is 24.5 Å². The van der Waals surface area contributed by atoms with Gasteiger partial charge in [-0.05, 0) is 17.7 Å². The van der Waals surface area contributed by atoms with Crippen LogP contribution in [-0.2, 0) is 0 Å². The Balaban J connectivity index is 2.26. The number of benzene rings is 1. The van der Waals surface area contributed by atoms with Crippen molar-refractivity contribution in [2.75, 3.05) is 0 Å². The fraction of sp³-hybridized carbons (Fsp3) is 0.214. The summed E-state index contributed by atoms with van der Waals surface area (Å²) in [5.41, 5.74) is 0.267. The third-order valence-corrected chi connectivity index (χ3v) is 2.94. The smallest absolute Gasteiger partial charge is 0.406 e. The lowest BCUT2D eigenvalue weighted by molar-refractivity contribution is -0.274. The average Bonchev–Trinajstić information content (AvgIpc) is 2.37. The molecule has 1 atom stereocenters. The lowest BCUT2D eigenvalue weighted by Gasteiger charge is -2.15. The van der Waals surface area contributed by atoms with Crippen molar-refractivity contribution in [3.63, 3.8) is 0 Å². The van der Waals surface area contributed by atoms with Crippen LogP contribution in [0.1, 0.15) is 24.0 Å². The molecule has 1 heterocycles. The summed E-state index contributed by atoms with van der Waals surface area (Å²) in [5.74, 6) is -2.68. The predicted molar refractivity (Wildman–Crippen MR) is 64.8 cm³/mol. The van der Waals surface area contributed by atoms with Crippen molar-refractivity contribution < 1.29 is 26.7 Å². The molecule has 0 aliphatic heterocycles. The predicted octanol–water partition coefficient (Wildman–Crippen LogP) is 4.41. The molecule has 1 aromatic carbocycles. The summed E-state index contributed by atoms with van der Waals surface area (Å²) in [6.07, 6.45) is -3.01. The lowest BCUT2D eigenvalue weighted by atomic mass is 9.93. The second-order valence-corrected chi connectivity index (χ2v) is 4.36. The Bertz CT molecular complexity index is 604. The maximum atomic E-state index is 13.6. The van der Waals surface area contributed by atoms with Crippen molar-refractivity contribution in [1.29, 1.82) is 0 Å². The first-order valence-corrected chi connectivity index (χ1v) is 5.92. The molecule has 0 saturated heterocycles. The molecule has 0 spiro atoms. The normalized spacial score (nSPS) is 13.0. The standard InChI is InChI=1S/C14H10F5NO/c1-8(13-11(15)6-20-7-12(13)16)9-2-4-10(5-3-9)21-14(17,18)19/h2-8H,1H3. The molecule has 2 rings (SSSR count). The van der Waals surface area contributed by atoms with Gasteiger partial charge >= 0.3 is 6.36 Å². The summed E-state index contributed by atoms with van der Waals surface area (Å²) in [5, 5.41) is 0. The zero-order valence-electron chi connectivity index (χ0n) is 10.8. The molecule has 0 bridgehead atoms. The second-order valence-electron chi connectivity index (χ2n) is 4.36. The van der Waals surface area contributed by atoms with Gasteiger partial charge in [0.15, 0.2) is 0 Å². The van der Waals surface area contributed by atoms with Crippen LogP contribution >= 0.6 is 0 Å². The summed E-state index contributed by atoms with van der Waals surface area (Å²) in [4.78, 5) is 3.38. The van der Waals surface area contributed by atoms with E-state index < -0.39 is 29.7 Å². The molecule has 7 heteroatoms. The molecule has 0 fully saturated rings. The Morgan fingerprint density at radius 3 is 2.00 bits per heavy atom. The van der Waals surface area contributed by atoms with Gasteiger partial charge in [-0.2, -0.15) is 0 Å². The van der Waals surface area contributed by atoms with Crippen molar-refractivity contribution >= 4 is 0 Å². The van der Waals surface area contributed by atoms with Crippen LogP contribution in [0.25, 0.3) is 0 Å². The van der Waals surface area contributed by atoms with E-state index in [9.17, 15) is 22.0 Å². The van der Waals surface area contributed by atoms with Gasteiger partial charge in [0.2, 0.25) is 0 Å². The SMILES string of the molecule is CC(c1ccc(OC(F)(F)F)cc1)c1c(F)cncc1F. The number of nitrogens with zero attached hydrogens (tertiary/aromatic N) is 1. The van der Waals surface area contributed by atoms with Gasteiger partial charge in [0, 0.05) is 11.5 Å². The molecule has 2 nitrogen and oxygen atoms in total. The molecule has 1 aromatic heterocycles. The Hall–Kier alpha value is -2.18. The van der Waals surface area contributed by atoms with E-state index in [1.807, 2.05) is 0 Å². The van der Waals surface area contributed by atoms with Gasteiger partial charge in [0.1, 0.15) is 17.4 Å². The first kappa shape index (κ1) is 15.2.